The first-order valence-corrected chi connectivity index (χ1v) is 6.41. The molecular formula is C13H23N3. The van der Waals surface area contributed by atoms with Crippen molar-refractivity contribution in [1.82, 2.24) is 15.1 Å². The Hall–Kier alpha value is -0.830. The normalized spacial score (nSPS) is 19.2. The van der Waals surface area contributed by atoms with E-state index in [2.05, 4.69) is 41.9 Å². The molecule has 1 aliphatic rings. The molecule has 0 radical (unpaired) electrons. The van der Waals surface area contributed by atoms with Gasteiger partial charge in [-0.15, -0.1) is 0 Å². The van der Waals surface area contributed by atoms with Crippen molar-refractivity contribution in [3.05, 3.63) is 17.5 Å². The summed E-state index contributed by atoms with van der Waals surface area (Å²) >= 11 is 0. The van der Waals surface area contributed by atoms with Crippen molar-refractivity contribution >= 4 is 0 Å². The van der Waals surface area contributed by atoms with Gasteiger partial charge in [-0.3, -0.25) is 4.68 Å². The summed E-state index contributed by atoms with van der Waals surface area (Å²) < 4.78 is 2.10. The molecule has 3 heteroatoms. The zero-order chi connectivity index (χ0) is 11.6. The van der Waals surface area contributed by atoms with Crippen LogP contribution in [0.5, 0.6) is 0 Å². The number of nitrogens with one attached hydrogen (secondary N) is 1. The van der Waals surface area contributed by atoms with Gasteiger partial charge < -0.3 is 5.32 Å². The van der Waals surface area contributed by atoms with E-state index in [1.165, 1.54) is 31.4 Å². The fourth-order valence-electron chi connectivity index (χ4n) is 2.65. The molecule has 0 bridgehead atoms. The number of rotatable bonds is 4. The van der Waals surface area contributed by atoms with Gasteiger partial charge in [0.25, 0.3) is 0 Å². The zero-order valence-corrected chi connectivity index (χ0v) is 10.7. The standard InChI is InChI=1S/C13H23N3/c1-4-16-12(9-11(2)15-16)10-14-13(3)7-5-6-8-13/h9,14H,4-8,10H2,1-3H3. The predicted octanol–water partition coefficient (Wildman–Crippen LogP) is 2.63. The SMILES string of the molecule is CCn1nc(C)cc1CNC1(C)CCCC1. The van der Waals surface area contributed by atoms with E-state index in [0.29, 0.717) is 5.54 Å². The van der Waals surface area contributed by atoms with Crippen LogP contribution in [0.2, 0.25) is 0 Å². The van der Waals surface area contributed by atoms with E-state index in [1.807, 2.05) is 0 Å². The monoisotopic (exact) mass is 221 g/mol. The van der Waals surface area contributed by atoms with Crippen molar-refractivity contribution in [2.45, 2.75) is 65.1 Å². The van der Waals surface area contributed by atoms with Crippen LogP contribution >= 0.6 is 0 Å². The van der Waals surface area contributed by atoms with E-state index in [0.717, 1.165) is 18.8 Å². The Morgan fingerprint density at radius 1 is 1.44 bits per heavy atom. The predicted molar refractivity (Wildman–Crippen MR) is 66.4 cm³/mol. The fraction of sp³-hybridized carbons (Fsp3) is 0.769. The van der Waals surface area contributed by atoms with Crippen molar-refractivity contribution in [3.63, 3.8) is 0 Å². The minimum absolute atomic E-state index is 0.358. The molecule has 1 aromatic heterocycles. The summed E-state index contributed by atoms with van der Waals surface area (Å²) in [6.45, 7) is 8.46. The number of aromatic nitrogens is 2. The summed E-state index contributed by atoms with van der Waals surface area (Å²) in [4.78, 5) is 0. The molecule has 0 atom stereocenters. The van der Waals surface area contributed by atoms with Crippen molar-refractivity contribution in [1.29, 1.82) is 0 Å². The van der Waals surface area contributed by atoms with Crippen LogP contribution in [0, 0.1) is 6.92 Å². The summed E-state index contributed by atoms with van der Waals surface area (Å²) in [6.07, 6.45) is 5.36. The van der Waals surface area contributed by atoms with E-state index in [-0.39, 0.29) is 0 Å². The molecule has 3 nitrogen and oxygen atoms in total. The summed E-state index contributed by atoms with van der Waals surface area (Å²) in [6, 6.07) is 2.19. The maximum atomic E-state index is 4.47. The summed E-state index contributed by atoms with van der Waals surface area (Å²) in [5.41, 5.74) is 2.79. The first-order chi connectivity index (χ1) is 7.63. The molecule has 1 aliphatic carbocycles. The molecule has 1 heterocycles. The van der Waals surface area contributed by atoms with Gasteiger partial charge in [0.2, 0.25) is 0 Å². The Balaban J connectivity index is 1.98. The molecule has 1 saturated carbocycles. The number of hydrogen-bond acceptors (Lipinski definition) is 2. The fourth-order valence-corrected chi connectivity index (χ4v) is 2.65. The second-order valence-corrected chi connectivity index (χ2v) is 5.21. The van der Waals surface area contributed by atoms with Gasteiger partial charge in [0, 0.05) is 18.6 Å². The van der Waals surface area contributed by atoms with E-state index >= 15 is 0 Å². The number of aryl methyl sites for hydroxylation is 2. The van der Waals surface area contributed by atoms with Crippen LogP contribution in [-0.4, -0.2) is 15.3 Å². The maximum absolute atomic E-state index is 4.47. The van der Waals surface area contributed by atoms with E-state index < -0.39 is 0 Å². The van der Waals surface area contributed by atoms with Crippen molar-refractivity contribution in [2.75, 3.05) is 0 Å². The average molecular weight is 221 g/mol. The second kappa shape index (κ2) is 4.58. The third-order valence-electron chi connectivity index (χ3n) is 3.69. The lowest BCUT2D eigenvalue weighted by Gasteiger charge is -2.25. The molecule has 1 aromatic rings. The lowest BCUT2D eigenvalue weighted by Crippen LogP contribution is -2.39. The Labute approximate surface area is 98.2 Å². The van der Waals surface area contributed by atoms with Gasteiger partial charge >= 0.3 is 0 Å². The van der Waals surface area contributed by atoms with Crippen molar-refractivity contribution in [2.24, 2.45) is 0 Å². The zero-order valence-electron chi connectivity index (χ0n) is 10.7. The first-order valence-electron chi connectivity index (χ1n) is 6.41. The quantitative estimate of drug-likeness (QED) is 0.847. The first kappa shape index (κ1) is 11.6. The van der Waals surface area contributed by atoms with Crippen LogP contribution in [-0.2, 0) is 13.1 Å². The van der Waals surface area contributed by atoms with Crippen molar-refractivity contribution < 1.29 is 0 Å². The van der Waals surface area contributed by atoms with E-state index in [1.54, 1.807) is 0 Å². The number of nitrogens with zero attached hydrogens (tertiary/aromatic N) is 2. The Bertz CT molecular complexity index is 348. The molecule has 1 fully saturated rings. The van der Waals surface area contributed by atoms with Gasteiger partial charge in [-0.05, 0) is 39.7 Å². The maximum Gasteiger partial charge on any atom is 0.0597 e. The Morgan fingerprint density at radius 3 is 2.75 bits per heavy atom. The minimum Gasteiger partial charge on any atom is -0.306 e. The smallest absolute Gasteiger partial charge is 0.0597 e. The number of hydrogen-bond donors (Lipinski definition) is 1. The van der Waals surface area contributed by atoms with Gasteiger partial charge in [0.15, 0.2) is 0 Å². The lowest BCUT2D eigenvalue weighted by molar-refractivity contribution is 0.356. The van der Waals surface area contributed by atoms with Crippen LogP contribution in [0.25, 0.3) is 0 Å². The van der Waals surface area contributed by atoms with Gasteiger partial charge in [-0.2, -0.15) is 5.10 Å². The highest BCUT2D eigenvalue weighted by atomic mass is 15.3. The van der Waals surface area contributed by atoms with Gasteiger partial charge in [0.1, 0.15) is 0 Å². The highest BCUT2D eigenvalue weighted by Gasteiger charge is 2.27. The molecule has 0 saturated heterocycles. The van der Waals surface area contributed by atoms with E-state index in [4.69, 9.17) is 0 Å². The van der Waals surface area contributed by atoms with Crippen LogP contribution < -0.4 is 5.32 Å². The van der Waals surface area contributed by atoms with Crippen LogP contribution in [0.4, 0.5) is 0 Å². The summed E-state index contributed by atoms with van der Waals surface area (Å²) in [5.74, 6) is 0. The topological polar surface area (TPSA) is 29.9 Å². The highest BCUT2D eigenvalue weighted by molar-refractivity contribution is 5.09. The van der Waals surface area contributed by atoms with Crippen LogP contribution in [0.1, 0.15) is 50.9 Å². The van der Waals surface area contributed by atoms with E-state index in [9.17, 15) is 0 Å². The van der Waals surface area contributed by atoms with Gasteiger partial charge in [-0.25, -0.2) is 0 Å². The summed E-state index contributed by atoms with van der Waals surface area (Å²) in [7, 11) is 0. The molecule has 2 rings (SSSR count). The molecule has 0 aliphatic heterocycles. The molecule has 16 heavy (non-hydrogen) atoms. The van der Waals surface area contributed by atoms with Crippen LogP contribution in [0.3, 0.4) is 0 Å². The Morgan fingerprint density at radius 2 is 2.12 bits per heavy atom. The lowest BCUT2D eigenvalue weighted by atomic mass is 10.0. The molecule has 90 valence electrons. The molecule has 0 amide bonds. The third-order valence-corrected chi connectivity index (χ3v) is 3.69. The molecule has 0 unspecified atom stereocenters. The highest BCUT2D eigenvalue weighted by Crippen LogP contribution is 2.29. The minimum atomic E-state index is 0.358. The molecule has 0 aromatic carbocycles. The Kier molecular flexibility index (Phi) is 3.33. The van der Waals surface area contributed by atoms with Crippen molar-refractivity contribution in [3.8, 4) is 0 Å². The van der Waals surface area contributed by atoms with Gasteiger partial charge in [-0.1, -0.05) is 12.8 Å². The second-order valence-electron chi connectivity index (χ2n) is 5.21. The molecular weight excluding hydrogens is 198 g/mol. The summed E-state index contributed by atoms with van der Waals surface area (Å²) in [5, 5.41) is 8.18. The van der Waals surface area contributed by atoms with Gasteiger partial charge in [0.05, 0.1) is 11.4 Å². The average Bonchev–Trinajstić information content (AvgIpc) is 2.82. The molecule has 0 spiro atoms. The largest absolute Gasteiger partial charge is 0.306 e. The van der Waals surface area contributed by atoms with Crippen LogP contribution in [0.15, 0.2) is 6.07 Å². The molecule has 1 N–H and O–H groups in total. The third kappa shape index (κ3) is 2.46.